The maximum absolute atomic E-state index is 11.8. The Labute approximate surface area is 146 Å². The summed E-state index contributed by atoms with van der Waals surface area (Å²) in [4.78, 5) is 18.1. The van der Waals surface area contributed by atoms with E-state index in [9.17, 15) is 4.79 Å². The Morgan fingerprint density at radius 1 is 1.20 bits per heavy atom. The highest BCUT2D eigenvalue weighted by atomic mass is 16.6. The fourth-order valence-electron chi connectivity index (χ4n) is 3.15. The molecule has 128 valence electrons. The number of cyclic esters (lactones) is 1. The van der Waals surface area contributed by atoms with Crippen molar-refractivity contribution in [2.75, 3.05) is 23.4 Å². The second-order valence-electron chi connectivity index (χ2n) is 6.27. The van der Waals surface area contributed by atoms with Gasteiger partial charge in [0.1, 0.15) is 12.3 Å². The highest BCUT2D eigenvalue weighted by Gasteiger charge is 2.25. The molecule has 1 aliphatic heterocycles. The zero-order valence-electron chi connectivity index (χ0n) is 14.3. The van der Waals surface area contributed by atoms with Gasteiger partial charge in [0.15, 0.2) is 0 Å². The van der Waals surface area contributed by atoms with Crippen molar-refractivity contribution in [1.82, 2.24) is 9.38 Å². The smallest absolute Gasteiger partial charge is 0.414 e. The van der Waals surface area contributed by atoms with E-state index in [4.69, 9.17) is 4.74 Å². The number of amides is 1. The molecule has 0 spiro atoms. The lowest BCUT2D eigenvalue weighted by molar-refractivity contribution is 0.181. The van der Waals surface area contributed by atoms with E-state index in [1.54, 1.807) is 4.90 Å². The van der Waals surface area contributed by atoms with Crippen molar-refractivity contribution in [2.24, 2.45) is 0 Å². The third-order valence-electron chi connectivity index (χ3n) is 4.47. The van der Waals surface area contributed by atoms with Crippen molar-refractivity contribution in [3.63, 3.8) is 0 Å². The molecule has 1 aromatic carbocycles. The standard InChI is InChI=1S/C19H20N4O2/c1-13-6-7-18-21-15(12-22(18)11-13)10-20-16-4-3-5-17(14(16)2)23-8-9-25-19(23)24/h3-7,11-12,20H,8-10H2,1-2H3. The average molecular weight is 336 g/mol. The number of nitrogens with zero attached hydrogens (tertiary/aromatic N) is 3. The fourth-order valence-corrected chi connectivity index (χ4v) is 3.15. The van der Waals surface area contributed by atoms with E-state index in [2.05, 4.69) is 29.5 Å². The number of rotatable bonds is 4. The van der Waals surface area contributed by atoms with Crippen LogP contribution in [0, 0.1) is 13.8 Å². The quantitative estimate of drug-likeness (QED) is 0.792. The van der Waals surface area contributed by atoms with E-state index < -0.39 is 0 Å². The van der Waals surface area contributed by atoms with Crippen LogP contribution in [-0.4, -0.2) is 28.6 Å². The first-order chi connectivity index (χ1) is 12.1. The maximum atomic E-state index is 11.8. The number of aromatic nitrogens is 2. The van der Waals surface area contributed by atoms with Crippen LogP contribution in [0.4, 0.5) is 16.2 Å². The number of carbonyl (C=O) groups is 1. The molecule has 3 heterocycles. The zero-order chi connectivity index (χ0) is 17.4. The Kier molecular flexibility index (Phi) is 3.80. The van der Waals surface area contributed by atoms with Crippen LogP contribution in [0.1, 0.15) is 16.8 Å². The number of benzene rings is 1. The predicted octanol–water partition coefficient (Wildman–Crippen LogP) is 3.52. The summed E-state index contributed by atoms with van der Waals surface area (Å²) in [6.07, 6.45) is 3.82. The number of hydrogen-bond donors (Lipinski definition) is 1. The number of pyridine rings is 1. The topological polar surface area (TPSA) is 58.9 Å². The van der Waals surface area contributed by atoms with Crippen molar-refractivity contribution in [1.29, 1.82) is 0 Å². The largest absolute Gasteiger partial charge is 0.447 e. The number of nitrogens with one attached hydrogen (secondary N) is 1. The maximum Gasteiger partial charge on any atom is 0.414 e. The van der Waals surface area contributed by atoms with Crippen LogP contribution < -0.4 is 10.2 Å². The number of imidazole rings is 1. The third kappa shape index (κ3) is 2.91. The normalized spacial score (nSPS) is 14.2. The number of ether oxygens (including phenoxy) is 1. The van der Waals surface area contributed by atoms with Gasteiger partial charge >= 0.3 is 6.09 Å². The van der Waals surface area contributed by atoms with Crippen molar-refractivity contribution < 1.29 is 9.53 Å². The highest BCUT2D eigenvalue weighted by molar-refractivity contribution is 5.91. The van der Waals surface area contributed by atoms with Gasteiger partial charge in [-0.25, -0.2) is 9.78 Å². The molecular weight excluding hydrogens is 316 g/mol. The number of fused-ring (bicyclic) bond motifs is 1. The van der Waals surface area contributed by atoms with Crippen molar-refractivity contribution in [3.8, 4) is 0 Å². The van der Waals surface area contributed by atoms with E-state index in [1.165, 1.54) is 5.56 Å². The van der Waals surface area contributed by atoms with Crippen LogP contribution in [-0.2, 0) is 11.3 Å². The van der Waals surface area contributed by atoms with E-state index in [1.807, 2.05) is 41.8 Å². The number of anilines is 2. The summed E-state index contributed by atoms with van der Waals surface area (Å²) in [5.41, 5.74) is 6.01. The zero-order valence-corrected chi connectivity index (χ0v) is 14.3. The first-order valence-electron chi connectivity index (χ1n) is 8.34. The van der Waals surface area contributed by atoms with Gasteiger partial charge in [0.05, 0.1) is 24.5 Å². The molecule has 3 aromatic rings. The summed E-state index contributed by atoms with van der Waals surface area (Å²) in [5.74, 6) is 0. The summed E-state index contributed by atoms with van der Waals surface area (Å²) in [6, 6.07) is 9.98. The summed E-state index contributed by atoms with van der Waals surface area (Å²) < 4.78 is 7.08. The third-order valence-corrected chi connectivity index (χ3v) is 4.47. The molecule has 25 heavy (non-hydrogen) atoms. The Bertz CT molecular complexity index is 948. The number of carbonyl (C=O) groups excluding carboxylic acids is 1. The monoisotopic (exact) mass is 336 g/mol. The van der Waals surface area contributed by atoms with Gasteiger partial charge in [-0.15, -0.1) is 0 Å². The molecule has 0 radical (unpaired) electrons. The molecule has 1 amide bonds. The fraction of sp³-hybridized carbons (Fsp3) is 0.263. The van der Waals surface area contributed by atoms with Crippen LogP contribution in [0.5, 0.6) is 0 Å². The molecule has 2 aromatic heterocycles. The minimum absolute atomic E-state index is 0.282. The van der Waals surface area contributed by atoms with Gasteiger partial charge in [-0.3, -0.25) is 4.90 Å². The minimum atomic E-state index is -0.282. The molecule has 1 aliphatic rings. The molecule has 0 unspecified atom stereocenters. The Morgan fingerprint density at radius 2 is 2.08 bits per heavy atom. The second kappa shape index (κ2) is 6.12. The number of hydrogen-bond acceptors (Lipinski definition) is 4. The lowest BCUT2D eigenvalue weighted by Gasteiger charge is -2.18. The Morgan fingerprint density at radius 3 is 2.88 bits per heavy atom. The first-order valence-corrected chi connectivity index (χ1v) is 8.34. The molecule has 1 N–H and O–H groups in total. The molecule has 6 nitrogen and oxygen atoms in total. The molecule has 0 atom stereocenters. The van der Waals surface area contributed by atoms with E-state index in [-0.39, 0.29) is 6.09 Å². The van der Waals surface area contributed by atoms with Crippen molar-refractivity contribution in [3.05, 3.63) is 59.5 Å². The van der Waals surface area contributed by atoms with Gasteiger partial charge in [-0.05, 0) is 43.2 Å². The van der Waals surface area contributed by atoms with Crippen LogP contribution in [0.3, 0.4) is 0 Å². The van der Waals surface area contributed by atoms with E-state index in [0.717, 1.165) is 28.3 Å². The van der Waals surface area contributed by atoms with Gasteiger partial charge in [-0.2, -0.15) is 0 Å². The van der Waals surface area contributed by atoms with Gasteiger partial charge in [0, 0.05) is 18.1 Å². The van der Waals surface area contributed by atoms with Crippen molar-refractivity contribution >= 4 is 23.1 Å². The van der Waals surface area contributed by atoms with Crippen LogP contribution >= 0.6 is 0 Å². The molecule has 0 aliphatic carbocycles. The average Bonchev–Trinajstić information content (AvgIpc) is 3.19. The second-order valence-corrected chi connectivity index (χ2v) is 6.27. The SMILES string of the molecule is Cc1ccc2nc(CNc3cccc(N4CCOC4=O)c3C)cn2c1. The van der Waals surface area contributed by atoms with Gasteiger partial charge < -0.3 is 14.5 Å². The molecule has 1 saturated heterocycles. The minimum Gasteiger partial charge on any atom is -0.447 e. The predicted molar refractivity (Wildman–Crippen MR) is 97.1 cm³/mol. The van der Waals surface area contributed by atoms with E-state index in [0.29, 0.717) is 19.7 Å². The van der Waals surface area contributed by atoms with Crippen molar-refractivity contribution in [2.45, 2.75) is 20.4 Å². The molecule has 0 bridgehead atoms. The van der Waals surface area contributed by atoms with Crippen LogP contribution in [0.15, 0.2) is 42.7 Å². The van der Waals surface area contributed by atoms with Crippen LogP contribution in [0.25, 0.3) is 5.65 Å². The lowest BCUT2D eigenvalue weighted by atomic mass is 10.1. The lowest BCUT2D eigenvalue weighted by Crippen LogP contribution is -2.24. The summed E-state index contributed by atoms with van der Waals surface area (Å²) in [5, 5.41) is 3.43. The van der Waals surface area contributed by atoms with Crippen LogP contribution in [0.2, 0.25) is 0 Å². The summed E-state index contributed by atoms with van der Waals surface area (Å²) >= 11 is 0. The van der Waals surface area contributed by atoms with Gasteiger partial charge in [0.25, 0.3) is 0 Å². The number of aryl methyl sites for hydroxylation is 1. The summed E-state index contributed by atoms with van der Waals surface area (Å²) in [6.45, 7) is 5.73. The molecular formula is C19H20N4O2. The molecule has 1 fully saturated rings. The molecule has 0 saturated carbocycles. The first kappa shape index (κ1) is 15.5. The van der Waals surface area contributed by atoms with Gasteiger partial charge in [0.2, 0.25) is 0 Å². The molecule has 6 heteroatoms. The Balaban J connectivity index is 1.55. The van der Waals surface area contributed by atoms with E-state index >= 15 is 0 Å². The molecule has 4 rings (SSSR count). The summed E-state index contributed by atoms with van der Waals surface area (Å²) in [7, 11) is 0. The van der Waals surface area contributed by atoms with Gasteiger partial charge in [-0.1, -0.05) is 12.1 Å². The highest BCUT2D eigenvalue weighted by Crippen LogP contribution is 2.29. The Hall–Kier alpha value is -3.02.